The lowest BCUT2D eigenvalue weighted by atomic mass is 10.1. The van der Waals surface area contributed by atoms with Crippen LogP contribution in [0.2, 0.25) is 5.02 Å². The molecule has 2 aromatic rings. The molecule has 2 rings (SSSR count). The molecule has 0 radical (unpaired) electrons. The Hall–Kier alpha value is -2.33. The van der Waals surface area contributed by atoms with Crippen LogP contribution in [-0.4, -0.2) is 17.9 Å². The fourth-order valence-corrected chi connectivity index (χ4v) is 2.34. The highest BCUT2D eigenvalue weighted by Crippen LogP contribution is 2.23. The number of hydrogen-bond donors (Lipinski definition) is 2. The summed E-state index contributed by atoms with van der Waals surface area (Å²) in [6.45, 7) is 3.64. The Bertz CT molecular complexity index is 701. The van der Waals surface area contributed by atoms with Crippen LogP contribution in [0, 0.1) is 6.92 Å². The predicted molar refractivity (Wildman–Crippen MR) is 92.8 cm³/mol. The van der Waals surface area contributed by atoms with Gasteiger partial charge < -0.3 is 10.6 Å². The van der Waals surface area contributed by atoms with E-state index in [4.69, 9.17) is 11.6 Å². The molecule has 0 aromatic heterocycles. The molecule has 0 heterocycles. The van der Waals surface area contributed by atoms with Gasteiger partial charge >= 0.3 is 0 Å². The van der Waals surface area contributed by atoms with Crippen LogP contribution in [0.15, 0.2) is 48.5 Å². The minimum Gasteiger partial charge on any atom is -0.349 e. The zero-order valence-electron chi connectivity index (χ0n) is 13.1. The van der Waals surface area contributed by atoms with Gasteiger partial charge in [-0.3, -0.25) is 9.59 Å². The van der Waals surface area contributed by atoms with Gasteiger partial charge in [0.15, 0.2) is 0 Å². The van der Waals surface area contributed by atoms with Gasteiger partial charge in [-0.2, -0.15) is 0 Å². The van der Waals surface area contributed by atoms with E-state index in [1.165, 1.54) is 0 Å². The maximum Gasteiger partial charge on any atom is 0.251 e. The second kappa shape index (κ2) is 7.79. The van der Waals surface area contributed by atoms with Crippen molar-refractivity contribution in [1.29, 1.82) is 0 Å². The molecule has 4 nitrogen and oxygen atoms in total. The summed E-state index contributed by atoms with van der Waals surface area (Å²) in [4.78, 5) is 24.1. The molecule has 2 N–H and O–H groups in total. The minimum absolute atomic E-state index is 0.170. The highest BCUT2D eigenvalue weighted by Gasteiger charge is 2.14. The van der Waals surface area contributed by atoms with E-state index in [0.717, 1.165) is 5.56 Å². The number of carbonyl (C=O) groups excluding carboxylic acids is 2. The number of rotatable bonds is 5. The van der Waals surface area contributed by atoms with E-state index in [1.54, 1.807) is 49.4 Å². The quantitative estimate of drug-likeness (QED) is 0.876. The number of halogens is 1. The van der Waals surface area contributed by atoms with E-state index in [1.807, 2.05) is 13.0 Å². The summed E-state index contributed by atoms with van der Waals surface area (Å²) < 4.78 is 0. The van der Waals surface area contributed by atoms with Gasteiger partial charge in [0.2, 0.25) is 5.91 Å². The Kier molecular flexibility index (Phi) is 5.77. The molecule has 1 unspecified atom stereocenters. The molecule has 1 atom stereocenters. The summed E-state index contributed by atoms with van der Waals surface area (Å²) in [5.41, 5.74) is 2.08. The second-order valence-electron chi connectivity index (χ2n) is 5.41. The van der Waals surface area contributed by atoms with Gasteiger partial charge in [-0.25, -0.2) is 0 Å². The van der Waals surface area contributed by atoms with E-state index in [-0.39, 0.29) is 24.3 Å². The Morgan fingerprint density at radius 1 is 1.09 bits per heavy atom. The number of hydrogen-bond acceptors (Lipinski definition) is 2. The average Bonchev–Trinajstić information content (AvgIpc) is 2.52. The lowest BCUT2D eigenvalue weighted by molar-refractivity contribution is -0.116. The molecule has 2 aromatic carbocycles. The molecule has 120 valence electrons. The monoisotopic (exact) mass is 330 g/mol. The Labute approximate surface area is 140 Å². The molecule has 2 amide bonds. The summed E-state index contributed by atoms with van der Waals surface area (Å²) in [7, 11) is 0. The highest BCUT2D eigenvalue weighted by atomic mass is 35.5. The Balaban J connectivity index is 1.90. The van der Waals surface area contributed by atoms with Crippen LogP contribution in [0.25, 0.3) is 0 Å². The van der Waals surface area contributed by atoms with E-state index in [9.17, 15) is 9.59 Å². The number of nitrogens with one attached hydrogen (secondary N) is 2. The average molecular weight is 331 g/mol. The normalized spacial score (nSPS) is 11.6. The second-order valence-corrected chi connectivity index (χ2v) is 5.81. The fourth-order valence-electron chi connectivity index (χ4n) is 2.17. The SMILES string of the molecule is Cc1c(Cl)cccc1NC(=O)CC(C)NC(=O)c1ccccc1. The van der Waals surface area contributed by atoms with E-state index in [0.29, 0.717) is 16.3 Å². The van der Waals surface area contributed by atoms with Crippen molar-refractivity contribution in [3.63, 3.8) is 0 Å². The smallest absolute Gasteiger partial charge is 0.251 e. The molecule has 0 aliphatic carbocycles. The van der Waals surface area contributed by atoms with Crippen LogP contribution < -0.4 is 10.6 Å². The Morgan fingerprint density at radius 3 is 2.48 bits per heavy atom. The van der Waals surface area contributed by atoms with Crippen molar-refractivity contribution in [3.8, 4) is 0 Å². The van der Waals surface area contributed by atoms with E-state index < -0.39 is 0 Å². The first kappa shape index (κ1) is 17.0. The molecule has 23 heavy (non-hydrogen) atoms. The first-order chi connectivity index (χ1) is 11.0. The number of benzene rings is 2. The number of anilines is 1. The lowest BCUT2D eigenvalue weighted by Gasteiger charge is -2.15. The maximum atomic E-state index is 12.1. The zero-order chi connectivity index (χ0) is 16.8. The van der Waals surface area contributed by atoms with Crippen molar-refractivity contribution in [1.82, 2.24) is 5.32 Å². The highest BCUT2D eigenvalue weighted by molar-refractivity contribution is 6.31. The van der Waals surface area contributed by atoms with Crippen LogP contribution in [0.5, 0.6) is 0 Å². The lowest BCUT2D eigenvalue weighted by Crippen LogP contribution is -2.35. The van der Waals surface area contributed by atoms with Gasteiger partial charge in [0.05, 0.1) is 0 Å². The number of amides is 2. The van der Waals surface area contributed by atoms with Crippen LogP contribution in [0.3, 0.4) is 0 Å². The fraction of sp³-hybridized carbons (Fsp3) is 0.222. The van der Waals surface area contributed by atoms with Gasteiger partial charge in [0.1, 0.15) is 0 Å². The van der Waals surface area contributed by atoms with Gasteiger partial charge in [-0.1, -0.05) is 35.9 Å². The summed E-state index contributed by atoms with van der Waals surface area (Å²) in [5.74, 6) is -0.360. The summed E-state index contributed by atoms with van der Waals surface area (Å²) in [5, 5.41) is 6.24. The molecule has 0 bridgehead atoms. The van der Waals surface area contributed by atoms with Crippen LogP contribution in [0.4, 0.5) is 5.69 Å². The molecule has 0 aliphatic rings. The van der Waals surface area contributed by atoms with Crippen LogP contribution in [0.1, 0.15) is 29.3 Å². The van der Waals surface area contributed by atoms with Gasteiger partial charge in [0.25, 0.3) is 5.91 Å². The van der Waals surface area contributed by atoms with Crippen molar-refractivity contribution < 1.29 is 9.59 Å². The molecule has 0 saturated heterocycles. The molecule has 0 fully saturated rings. The van der Waals surface area contributed by atoms with Crippen molar-refractivity contribution in [3.05, 3.63) is 64.7 Å². The summed E-state index contributed by atoms with van der Waals surface area (Å²) in [6, 6.07) is 14.0. The standard InChI is InChI=1S/C18H19ClN2O2/c1-12(20-18(23)14-7-4-3-5-8-14)11-17(22)21-16-10-6-9-15(19)13(16)2/h3-10,12H,11H2,1-2H3,(H,20,23)(H,21,22). The van der Waals surface area contributed by atoms with E-state index >= 15 is 0 Å². The molecular formula is C18H19ClN2O2. The Morgan fingerprint density at radius 2 is 1.78 bits per heavy atom. The third kappa shape index (κ3) is 4.83. The first-order valence-corrected chi connectivity index (χ1v) is 7.76. The van der Waals surface area contributed by atoms with Gasteiger partial charge in [-0.05, 0) is 43.7 Å². The van der Waals surface area contributed by atoms with E-state index in [2.05, 4.69) is 10.6 Å². The number of carbonyl (C=O) groups is 2. The maximum absolute atomic E-state index is 12.1. The summed E-state index contributed by atoms with van der Waals surface area (Å²) >= 11 is 6.03. The zero-order valence-corrected chi connectivity index (χ0v) is 13.9. The molecule has 0 spiro atoms. The molecule has 0 aliphatic heterocycles. The minimum atomic E-state index is -0.276. The predicted octanol–water partition coefficient (Wildman–Crippen LogP) is 3.80. The first-order valence-electron chi connectivity index (χ1n) is 7.38. The molecule has 0 saturated carbocycles. The third-order valence-electron chi connectivity index (χ3n) is 3.45. The molecular weight excluding hydrogens is 312 g/mol. The van der Waals surface area contributed by atoms with Gasteiger partial charge in [0, 0.05) is 28.7 Å². The molecule has 5 heteroatoms. The van der Waals surface area contributed by atoms with Crippen molar-refractivity contribution >= 4 is 29.1 Å². The van der Waals surface area contributed by atoms with Crippen LogP contribution in [-0.2, 0) is 4.79 Å². The topological polar surface area (TPSA) is 58.2 Å². The van der Waals surface area contributed by atoms with Gasteiger partial charge in [-0.15, -0.1) is 0 Å². The van der Waals surface area contributed by atoms with Crippen molar-refractivity contribution in [2.75, 3.05) is 5.32 Å². The van der Waals surface area contributed by atoms with Crippen molar-refractivity contribution in [2.24, 2.45) is 0 Å². The van der Waals surface area contributed by atoms with Crippen molar-refractivity contribution in [2.45, 2.75) is 26.3 Å². The third-order valence-corrected chi connectivity index (χ3v) is 3.86. The van der Waals surface area contributed by atoms with Crippen LogP contribution >= 0.6 is 11.6 Å². The largest absolute Gasteiger partial charge is 0.349 e. The summed E-state index contributed by atoms with van der Waals surface area (Å²) in [6.07, 6.45) is 0.185.